The van der Waals surface area contributed by atoms with Crippen LogP contribution in [0.15, 0.2) is 0 Å². The zero-order valence-electron chi connectivity index (χ0n) is 10.0. The molecule has 0 aromatic rings. The van der Waals surface area contributed by atoms with Crippen LogP contribution in [-0.2, 0) is 9.84 Å². The van der Waals surface area contributed by atoms with Crippen molar-refractivity contribution in [2.75, 3.05) is 18.6 Å². The Hall–Kier alpha value is -0.0900. The SMILES string of the molecule is CC1(C)CCC(NCCCS(C)(=O)=O)C1. The molecule has 1 saturated carbocycles. The van der Waals surface area contributed by atoms with Gasteiger partial charge in [0, 0.05) is 12.3 Å². The summed E-state index contributed by atoms with van der Waals surface area (Å²) in [7, 11) is -2.78. The highest BCUT2D eigenvalue weighted by atomic mass is 32.2. The lowest BCUT2D eigenvalue weighted by molar-refractivity contribution is 0.364. The van der Waals surface area contributed by atoms with E-state index in [0.717, 1.165) is 13.0 Å². The van der Waals surface area contributed by atoms with Gasteiger partial charge in [0.2, 0.25) is 0 Å². The highest BCUT2D eigenvalue weighted by molar-refractivity contribution is 7.90. The van der Waals surface area contributed by atoms with Crippen LogP contribution in [-0.4, -0.2) is 33.0 Å². The van der Waals surface area contributed by atoms with Crippen LogP contribution >= 0.6 is 0 Å². The molecule has 3 nitrogen and oxygen atoms in total. The van der Waals surface area contributed by atoms with Crippen LogP contribution in [0.25, 0.3) is 0 Å². The Bertz CT molecular complexity index is 296. The molecule has 0 heterocycles. The molecule has 1 atom stereocenters. The van der Waals surface area contributed by atoms with E-state index in [1.54, 1.807) is 0 Å². The molecule has 0 bridgehead atoms. The van der Waals surface area contributed by atoms with Crippen molar-refractivity contribution < 1.29 is 8.42 Å². The van der Waals surface area contributed by atoms with Gasteiger partial charge in [-0.05, 0) is 37.6 Å². The molecule has 0 aliphatic heterocycles. The molecule has 0 saturated heterocycles. The number of sulfone groups is 1. The number of rotatable bonds is 5. The van der Waals surface area contributed by atoms with Gasteiger partial charge in [-0.2, -0.15) is 0 Å². The maximum absolute atomic E-state index is 10.9. The third-order valence-electron chi connectivity index (χ3n) is 3.09. The zero-order valence-corrected chi connectivity index (χ0v) is 10.9. The quantitative estimate of drug-likeness (QED) is 0.734. The van der Waals surface area contributed by atoms with Crippen LogP contribution in [0, 0.1) is 5.41 Å². The first-order valence-corrected chi connectivity index (χ1v) is 7.76. The van der Waals surface area contributed by atoms with Crippen LogP contribution in [0.3, 0.4) is 0 Å². The third-order valence-corrected chi connectivity index (χ3v) is 4.12. The van der Waals surface area contributed by atoms with E-state index in [2.05, 4.69) is 19.2 Å². The van der Waals surface area contributed by atoms with Gasteiger partial charge in [0.15, 0.2) is 0 Å². The van der Waals surface area contributed by atoms with Crippen molar-refractivity contribution in [2.24, 2.45) is 5.41 Å². The molecule has 0 radical (unpaired) electrons. The molecule has 0 aromatic carbocycles. The van der Waals surface area contributed by atoms with E-state index in [0.29, 0.717) is 17.2 Å². The molecule has 0 amide bonds. The standard InChI is InChI=1S/C11H23NO2S/c1-11(2)6-5-10(9-11)12-7-4-8-15(3,13)14/h10,12H,4-9H2,1-3H3. The predicted octanol–water partition coefficient (Wildman–Crippen LogP) is 1.59. The second-order valence-corrected chi connectivity index (χ2v) is 7.80. The summed E-state index contributed by atoms with van der Waals surface area (Å²) in [5.74, 6) is 0.302. The van der Waals surface area contributed by atoms with Crippen LogP contribution in [0.4, 0.5) is 0 Å². The number of nitrogens with one attached hydrogen (secondary N) is 1. The molecule has 90 valence electrons. The molecule has 1 N–H and O–H groups in total. The second kappa shape index (κ2) is 4.83. The van der Waals surface area contributed by atoms with Crippen LogP contribution in [0.2, 0.25) is 0 Å². The van der Waals surface area contributed by atoms with Gasteiger partial charge in [0.25, 0.3) is 0 Å². The lowest BCUT2D eigenvalue weighted by atomic mass is 9.92. The van der Waals surface area contributed by atoms with Gasteiger partial charge in [-0.1, -0.05) is 13.8 Å². The van der Waals surface area contributed by atoms with Crippen LogP contribution < -0.4 is 5.32 Å². The van der Waals surface area contributed by atoms with E-state index >= 15 is 0 Å². The molecule has 1 aliphatic carbocycles. The van der Waals surface area contributed by atoms with Gasteiger partial charge in [-0.15, -0.1) is 0 Å². The molecule has 1 unspecified atom stereocenters. The van der Waals surface area contributed by atoms with Crippen molar-refractivity contribution in [2.45, 2.75) is 45.6 Å². The van der Waals surface area contributed by atoms with Crippen molar-refractivity contribution in [3.63, 3.8) is 0 Å². The third kappa shape index (κ3) is 5.52. The lowest BCUT2D eigenvalue weighted by Crippen LogP contribution is -2.29. The first-order valence-electron chi connectivity index (χ1n) is 5.70. The summed E-state index contributed by atoms with van der Waals surface area (Å²) >= 11 is 0. The minimum atomic E-state index is -2.78. The minimum absolute atomic E-state index is 0.302. The summed E-state index contributed by atoms with van der Waals surface area (Å²) in [4.78, 5) is 0. The molecular formula is C11H23NO2S. The molecule has 1 fully saturated rings. The van der Waals surface area contributed by atoms with E-state index in [-0.39, 0.29) is 0 Å². The first kappa shape index (κ1) is 13.0. The van der Waals surface area contributed by atoms with Gasteiger partial charge >= 0.3 is 0 Å². The molecule has 1 aliphatic rings. The maximum atomic E-state index is 10.9. The normalized spacial score (nSPS) is 25.7. The van der Waals surface area contributed by atoms with Crippen molar-refractivity contribution in [3.05, 3.63) is 0 Å². The van der Waals surface area contributed by atoms with Crippen molar-refractivity contribution in [3.8, 4) is 0 Å². The Morgan fingerprint density at radius 1 is 1.40 bits per heavy atom. The Balaban J connectivity index is 2.12. The number of hydrogen-bond donors (Lipinski definition) is 1. The van der Waals surface area contributed by atoms with Gasteiger partial charge in [0.1, 0.15) is 9.84 Å². The van der Waals surface area contributed by atoms with Crippen molar-refractivity contribution in [1.29, 1.82) is 0 Å². The number of hydrogen-bond acceptors (Lipinski definition) is 3. The summed E-state index contributed by atoms with van der Waals surface area (Å²) in [6, 6.07) is 0.597. The second-order valence-electron chi connectivity index (χ2n) is 5.54. The fraction of sp³-hybridized carbons (Fsp3) is 1.00. The van der Waals surface area contributed by atoms with E-state index in [1.165, 1.54) is 25.5 Å². The van der Waals surface area contributed by atoms with E-state index in [4.69, 9.17) is 0 Å². The average Bonchev–Trinajstić information content (AvgIpc) is 2.38. The van der Waals surface area contributed by atoms with E-state index in [1.807, 2.05) is 0 Å². The smallest absolute Gasteiger partial charge is 0.147 e. The molecule has 4 heteroatoms. The zero-order chi connectivity index (χ0) is 11.5. The monoisotopic (exact) mass is 233 g/mol. The summed E-state index contributed by atoms with van der Waals surface area (Å²) in [5, 5.41) is 3.45. The maximum Gasteiger partial charge on any atom is 0.147 e. The first-order chi connectivity index (χ1) is 6.79. The summed E-state index contributed by atoms with van der Waals surface area (Å²) in [5.41, 5.74) is 0.467. The predicted molar refractivity (Wildman–Crippen MR) is 63.8 cm³/mol. The van der Waals surface area contributed by atoms with Crippen molar-refractivity contribution >= 4 is 9.84 Å². The fourth-order valence-electron chi connectivity index (χ4n) is 2.25. The topological polar surface area (TPSA) is 46.2 Å². The molecule has 0 spiro atoms. The largest absolute Gasteiger partial charge is 0.314 e. The fourth-order valence-corrected chi connectivity index (χ4v) is 2.92. The molecule has 15 heavy (non-hydrogen) atoms. The Labute approximate surface area is 93.6 Å². The summed E-state index contributed by atoms with van der Waals surface area (Å²) in [6.45, 7) is 5.42. The average molecular weight is 233 g/mol. The van der Waals surface area contributed by atoms with Gasteiger partial charge in [0.05, 0.1) is 5.75 Å². The Morgan fingerprint density at radius 3 is 2.53 bits per heavy atom. The molecule has 0 aromatic heterocycles. The van der Waals surface area contributed by atoms with Gasteiger partial charge < -0.3 is 5.32 Å². The highest BCUT2D eigenvalue weighted by Gasteiger charge is 2.30. The Kier molecular flexibility index (Phi) is 4.18. The summed E-state index contributed by atoms with van der Waals surface area (Å²) in [6.07, 6.45) is 5.75. The van der Waals surface area contributed by atoms with Crippen molar-refractivity contribution in [1.82, 2.24) is 5.32 Å². The molecular weight excluding hydrogens is 210 g/mol. The van der Waals surface area contributed by atoms with Gasteiger partial charge in [-0.25, -0.2) is 8.42 Å². The molecule has 1 rings (SSSR count). The minimum Gasteiger partial charge on any atom is -0.314 e. The van der Waals surface area contributed by atoms with E-state index in [9.17, 15) is 8.42 Å². The van der Waals surface area contributed by atoms with E-state index < -0.39 is 9.84 Å². The highest BCUT2D eigenvalue weighted by Crippen LogP contribution is 2.36. The summed E-state index contributed by atoms with van der Waals surface area (Å²) < 4.78 is 21.8. The van der Waals surface area contributed by atoms with Crippen LogP contribution in [0.1, 0.15) is 39.5 Å². The van der Waals surface area contributed by atoms with Gasteiger partial charge in [-0.3, -0.25) is 0 Å². The Morgan fingerprint density at radius 2 is 2.07 bits per heavy atom. The van der Waals surface area contributed by atoms with Crippen LogP contribution in [0.5, 0.6) is 0 Å². The lowest BCUT2D eigenvalue weighted by Gasteiger charge is -2.17.